The molecule has 0 aromatic heterocycles. The summed E-state index contributed by atoms with van der Waals surface area (Å²) in [4.78, 5) is 0. The van der Waals surface area contributed by atoms with Gasteiger partial charge < -0.3 is 0 Å². The molecule has 11 heavy (non-hydrogen) atoms. The Morgan fingerprint density at radius 2 is 1.45 bits per heavy atom. The number of ether oxygens (including phenoxy) is 2. The van der Waals surface area contributed by atoms with Crippen LogP contribution in [0.15, 0.2) is 18.2 Å². The van der Waals surface area contributed by atoms with Crippen LogP contribution in [0.4, 0.5) is 0 Å². The minimum atomic E-state index is 0.835. The summed E-state index contributed by atoms with van der Waals surface area (Å²) in [7, 11) is 3.29. The second kappa shape index (κ2) is 3.71. The number of benzene rings is 1. The normalized spacial score (nSPS) is 9.45. The van der Waals surface area contributed by atoms with E-state index in [-0.39, 0.29) is 0 Å². The molecule has 2 nitrogen and oxygen atoms in total. The molecule has 0 saturated carbocycles. The number of hydrogen-bond donors (Lipinski definition) is 0. The maximum atomic E-state index is 5.06. The summed E-state index contributed by atoms with van der Waals surface area (Å²) in [5.41, 5.74) is 0. The Bertz CT molecular complexity index is 226. The molecule has 0 saturated heterocycles. The summed E-state index contributed by atoms with van der Waals surface area (Å²) in [5.74, 6) is 1.67. The molecule has 1 rings (SSSR count). The van der Waals surface area contributed by atoms with Crippen molar-refractivity contribution in [1.29, 1.82) is 0 Å². The predicted octanol–water partition coefficient (Wildman–Crippen LogP) is 0.498. The fraction of sp³-hybridized carbons (Fsp3) is 0.250. The summed E-state index contributed by atoms with van der Waals surface area (Å²) < 4.78 is 11.3. The molecule has 0 N–H and O–H groups in total. The van der Waals surface area contributed by atoms with Crippen molar-refractivity contribution in [3.63, 3.8) is 0 Å². The Hall–Kier alpha value is -0.583. The van der Waals surface area contributed by atoms with Crippen molar-refractivity contribution in [3.8, 4) is 11.5 Å². The van der Waals surface area contributed by atoms with Gasteiger partial charge in [-0.3, -0.25) is 0 Å². The van der Waals surface area contributed by atoms with Crippen LogP contribution in [-0.2, 0) is 0 Å². The van der Waals surface area contributed by atoms with Gasteiger partial charge in [0.2, 0.25) is 0 Å². The Morgan fingerprint density at radius 1 is 1.00 bits per heavy atom. The molecule has 1 aromatic carbocycles. The Morgan fingerprint density at radius 3 is 1.82 bits per heavy atom. The van der Waals surface area contributed by atoms with Gasteiger partial charge in [0.1, 0.15) is 0 Å². The third-order valence-electron chi connectivity index (χ3n) is 1.50. The van der Waals surface area contributed by atoms with Crippen molar-refractivity contribution in [3.05, 3.63) is 18.2 Å². The van der Waals surface area contributed by atoms with Crippen LogP contribution in [0.2, 0.25) is 0 Å². The summed E-state index contributed by atoms with van der Waals surface area (Å²) in [6, 6.07) is 5.78. The molecular formula is C8H9LiO2. The van der Waals surface area contributed by atoms with E-state index in [1.165, 1.54) is 0 Å². The average molecular weight is 144 g/mol. The van der Waals surface area contributed by atoms with E-state index in [1.807, 2.05) is 35.9 Å². The fourth-order valence-electron chi connectivity index (χ4n) is 0.950. The molecule has 0 atom stereocenters. The van der Waals surface area contributed by atoms with Gasteiger partial charge in [-0.1, -0.05) is 0 Å². The first-order valence-corrected chi connectivity index (χ1v) is 3.46. The zero-order valence-electron chi connectivity index (χ0n) is 7.05. The van der Waals surface area contributed by atoms with Crippen molar-refractivity contribution in [2.75, 3.05) is 14.2 Å². The monoisotopic (exact) mass is 144 g/mol. The molecule has 0 bridgehead atoms. The first kappa shape index (κ1) is 8.51. The quantitative estimate of drug-likeness (QED) is 0.562. The zero-order valence-corrected chi connectivity index (χ0v) is 7.05. The molecule has 1 aromatic rings. The van der Waals surface area contributed by atoms with Gasteiger partial charge in [-0.05, 0) is 0 Å². The van der Waals surface area contributed by atoms with Crippen molar-refractivity contribution in [1.82, 2.24) is 0 Å². The zero-order chi connectivity index (χ0) is 8.27. The van der Waals surface area contributed by atoms with Crippen LogP contribution in [0.1, 0.15) is 0 Å². The van der Waals surface area contributed by atoms with E-state index in [0.717, 1.165) is 15.7 Å². The van der Waals surface area contributed by atoms with E-state index in [1.54, 1.807) is 14.2 Å². The third kappa shape index (κ3) is 2.18. The molecule has 0 fully saturated rings. The van der Waals surface area contributed by atoms with Crippen LogP contribution in [-0.4, -0.2) is 31.9 Å². The molecule has 0 unspecified atom stereocenters. The van der Waals surface area contributed by atoms with Gasteiger partial charge in [-0.2, -0.15) is 0 Å². The van der Waals surface area contributed by atoms with E-state index >= 15 is 0 Å². The van der Waals surface area contributed by atoms with Crippen molar-refractivity contribution >= 4 is 22.0 Å². The first-order chi connectivity index (χ1) is 5.26. The van der Waals surface area contributed by atoms with Gasteiger partial charge in [0.25, 0.3) is 0 Å². The SMILES string of the molecule is [Li][c]1cc(OC)cc(OC)c1. The first-order valence-electron chi connectivity index (χ1n) is 3.46. The minimum absolute atomic E-state index is 0.835. The van der Waals surface area contributed by atoms with Crippen LogP contribution in [0, 0.1) is 0 Å². The van der Waals surface area contributed by atoms with Crippen molar-refractivity contribution in [2.24, 2.45) is 0 Å². The molecule has 0 aliphatic rings. The topological polar surface area (TPSA) is 18.5 Å². The third-order valence-corrected chi connectivity index (χ3v) is 1.50. The molecule has 0 amide bonds. The molecule has 54 valence electrons. The van der Waals surface area contributed by atoms with Gasteiger partial charge in [0, 0.05) is 0 Å². The Labute approximate surface area is 75.7 Å². The van der Waals surface area contributed by atoms with Crippen LogP contribution in [0.25, 0.3) is 0 Å². The van der Waals surface area contributed by atoms with E-state index in [4.69, 9.17) is 9.47 Å². The fourth-order valence-corrected chi connectivity index (χ4v) is 0.950. The molecule has 0 aliphatic heterocycles. The van der Waals surface area contributed by atoms with Crippen molar-refractivity contribution < 1.29 is 9.47 Å². The molecule has 0 heterocycles. The van der Waals surface area contributed by atoms with Crippen LogP contribution >= 0.6 is 0 Å². The number of rotatable bonds is 2. The van der Waals surface area contributed by atoms with Gasteiger partial charge in [-0.25, -0.2) is 0 Å². The summed E-state index contributed by atoms with van der Waals surface area (Å²) in [5, 5.41) is 0. The Kier molecular flexibility index (Phi) is 2.87. The number of hydrogen-bond acceptors (Lipinski definition) is 2. The second-order valence-electron chi connectivity index (χ2n) is 2.39. The van der Waals surface area contributed by atoms with Gasteiger partial charge in [-0.15, -0.1) is 0 Å². The van der Waals surface area contributed by atoms with Crippen LogP contribution in [0.3, 0.4) is 0 Å². The maximum absolute atomic E-state index is 5.06. The van der Waals surface area contributed by atoms with Crippen LogP contribution in [0.5, 0.6) is 11.5 Å². The van der Waals surface area contributed by atoms with Crippen molar-refractivity contribution in [2.45, 2.75) is 0 Å². The van der Waals surface area contributed by atoms with E-state index in [0.29, 0.717) is 0 Å². The van der Waals surface area contributed by atoms with E-state index < -0.39 is 0 Å². The van der Waals surface area contributed by atoms with Gasteiger partial charge in [0.15, 0.2) is 0 Å². The summed E-state index contributed by atoms with van der Waals surface area (Å²) >= 11 is 2.00. The van der Waals surface area contributed by atoms with Gasteiger partial charge >= 0.3 is 75.3 Å². The molecule has 3 heteroatoms. The summed E-state index contributed by atoms with van der Waals surface area (Å²) in [6.07, 6.45) is 0. The second-order valence-corrected chi connectivity index (χ2v) is 2.39. The van der Waals surface area contributed by atoms with E-state index in [9.17, 15) is 0 Å². The summed E-state index contributed by atoms with van der Waals surface area (Å²) in [6.45, 7) is 0. The van der Waals surface area contributed by atoms with E-state index in [2.05, 4.69) is 0 Å². The molecule has 0 aliphatic carbocycles. The molecular weight excluding hydrogens is 135 g/mol. The average Bonchev–Trinajstić information content (AvgIpc) is 2.03. The Balaban J connectivity index is 3.02. The van der Waals surface area contributed by atoms with Gasteiger partial charge in [0.05, 0.1) is 0 Å². The molecule has 0 radical (unpaired) electrons. The number of methoxy groups -OCH3 is 2. The standard InChI is InChI=1S/C8H9O2.Li/c1-9-7-4-3-5-8(6-7)10-2;/h4-6H,1-2H3;. The predicted molar refractivity (Wildman–Crippen MR) is 44.9 cm³/mol. The van der Waals surface area contributed by atoms with Crippen LogP contribution < -0.4 is 13.7 Å². The molecule has 0 spiro atoms.